The Kier molecular flexibility index (Phi) is 2.87. The predicted molar refractivity (Wildman–Crippen MR) is 61.2 cm³/mol. The van der Waals surface area contributed by atoms with Crippen LogP contribution < -0.4 is 10.5 Å². The van der Waals surface area contributed by atoms with Crippen molar-refractivity contribution in [3.8, 4) is 17.0 Å². The van der Waals surface area contributed by atoms with Gasteiger partial charge in [0, 0.05) is 17.3 Å². The molecule has 82 valence electrons. The van der Waals surface area contributed by atoms with Gasteiger partial charge in [-0.1, -0.05) is 11.6 Å². The Labute approximate surface area is 97.2 Å². The summed E-state index contributed by atoms with van der Waals surface area (Å²) in [5, 5.41) is 7.67. The summed E-state index contributed by atoms with van der Waals surface area (Å²) in [6.45, 7) is 0. The number of pyridine rings is 1. The van der Waals surface area contributed by atoms with Crippen LogP contribution in [-0.4, -0.2) is 22.3 Å². The van der Waals surface area contributed by atoms with Gasteiger partial charge in [0.25, 0.3) is 0 Å². The molecule has 0 bridgehead atoms. The van der Waals surface area contributed by atoms with Crippen molar-refractivity contribution < 1.29 is 4.74 Å². The second kappa shape index (κ2) is 4.32. The number of nitrogens with two attached hydrogens (primary N) is 1. The van der Waals surface area contributed by atoms with Crippen LogP contribution in [0.3, 0.4) is 0 Å². The van der Waals surface area contributed by atoms with Crippen molar-refractivity contribution >= 4 is 17.4 Å². The first kappa shape index (κ1) is 10.6. The SMILES string of the molecule is COc1ncccc1-c1cc(Cl)nnc1N. The van der Waals surface area contributed by atoms with Crippen molar-refractivity contribution in [2.24, 2.45) is 0 Å². The molecule has 0 saturated heterocycles. The summed E-state index contributed by atoms with van der Waals surface area (Å²) in [5.74, 6) is 0.758. The summed E-state index contributed by atoms with van der Waals surface area (Å²) in [6, 6.07) is 5.24. The first-order valence-electron chi connectivity index (χ1n) is 4.50. The van der Waals surface area contributed by atoms with Crippen molar-refractivity contribution in [3.05, 3.63) is 29.5 Å². The lowest BCUT2D eigenvalue weighted by Gasteiger charge is -2.08. The number of hydrogen-bond acceptors (Lipinski definition) is 5. The second-order valence-electron chi connectivity index (χ2n) is 3.03. The zero-order valence-electron chi connectivity index (χ0n) is 8.51. The maximum atomic E-state index is 5.77. The van der Waals surface area contributed by atoms with Crippen molar-refractivity contribution in [1.29, 1.82) is 0 Å². The fraction of sp³-hybridized carbons (Fsp3) is 0.100. The monoisotopic (exact) mass is 236 g/mol. The highest BCUT2D eigenvalue weighted by Gasteiger charge is 2.11. The number of ether oxygens (including phenoxy) is 1. The van der Waals surface area contributed by atoms with Gasteiger partial charge in [-0.3, -0.25) is 0 Å². The lowest BCUT2D eigenvalue weighted by Crippen LogP contribution is -1.99. The van der Waals surface area contributed by atoms with Gasteiger partial charge in [0.05, 0.1) is 7.11 Å². The van der Waals surface area contributed by atoms with Gasteiger partial charge in [-0.05, 0) is 18.2 Å². The molecule has 2 N–H and O–H groups in total. The summed E-state index contributed by atoms with van der Waals surface area (Å²) in [5.41, 5.74) is 7.12. The molecule has 2 heterocycles. The van der Waals surface area contributed by atoms with E-state index >= 15 is 0 Å². The van der Waals surface area contributed by atoms with Gasteiger partial charge in [-0.15, -0.1) is 10.2 Å². The largest absolute Gasteiger partial charge is 0.481 e. The Bertz CT molecular complexity index is 518. The Morgan fingerprint density at radius 3 is 2.88 bits per heavy atom. The zero-order chi connectivity index (χ0) is 11.5. The smallest absolute Gasteiger partial charge is 0.221 e. The van der Waals surface area contributed by atoms with Crippen molar-refractivity contribution in [2.45, 2.75) is 0 Å². The van der Waals surface area contributed by atoms with E-state index in [4.69, 9.17) is 22.1 Å². The highest BCUT2D eigenvalue weighted by atomic mass is 35.5. The third-order valence-corrected chi connectivity index (χ3v) is 2.23. The molecule has 0 amide bonds. The standard InChI is InChI=1S/C10H9ClN4O/c1-16-10-6(3-2-4-13-10)7-5-8(11)14-15-9(7)12/h2-5H,1H3,(H2,12,15). The van der Waals surface area contributed by atoms with Gasteiger partial charge in [0.15, 0.2) is 11.0 Å². The molecule has 5 nitrogen and oxygen atoms in total. The van der Waals surface area contributed by atoms with Gasteiger partial charge in [-0.25, -0.2) is 4.98 Å². The predicted octanol–water partition coefficient (Wildman–Crippen LogP) is 1.78. The molecule has 0 atom stereocenters. The van der Waals surface area contributed by atoms with E-state index in [0.29, 0.717) is 11.4 Å². The normalized spacial score (nSPS) is 10.1. The molecular weight excluding hydrogens is 228 g/mol. The van der Waals surface area contributed by atoms with Crippen LogP contribution in [0.5, 0.6) is 5.88 Å². The lowest BCUT2D eigenvalue weighted by molar-refractivity contribution is 0.399. The van der Waals surface area contributed by atoms with Gasteiger partial charge < -0.3 is 10.5 Å². The molecule has 0 saturated carbocycles. The Morgan fingerprint density at radius 2 is 2.12 bits per heavy atom. The fourth-order valence-electron chi connectivity index (χ4n) is 1.35. The molecule has 0 radical (unpaired) electrons. The molecule has 0 aliphatic rings. The van der Waals surface area contributed by atoms with Crippen LogP contribution >= 0.6 is 11.6 Å². The molecule has 2 aromatic rings. The average Bonchev–Trinajstić information content (AvgIpc) is 2.32. The molecule has 0 unspecified atom stereocenters. The van der Waals surface area contributed by atoms with E-state index < -0.39 is 0 Å². The maximum absolute atomic E-state index is 5.77. The highest BCUT2D eigenvalue weighted by molar-refractivity contribution is 6.29. The molecule has 2 aromatic heterocycles. The summed E-state index contributed by atoms with van der Waals surface area (Å²) in [6.07, 6.45) is 1.63. The lowest BCUT2D eigenvalue weighted by atomic mass is 10.1. The summed E-state index contributed by atoms with van der Waals surface area (Å²) >= 11 is 5.77. The van der Waals surface area contributed by atoms with Gasteiger partial charge in [0.2, 0.25) is 5.88 Å². The number of hydrogen-bond donors (Lipinski definition) is 1. The van der Waals surface area contributed by atoms with Crippen LogP contribution in [0.2, 0.25) is 5.15 Å². The number of aromatic nitrogens is 3. The first-order chi connectivity index (χ1) is 7.72. The average molecular weight is 237 g/mol. The van der Waals surface area contributed by atoms with Crippen LogP contribution in [0, 0.1) is 0 Å². The van der Waals surface area contributed by atoms with E-state index in [1.54, 1.807) is 18.3 Å². The number of nitrogens with zero attached hydrogens (tertiary/aromatic N) is 3. The van der Waals surface area contributed by atoms with E-state index in [0.717, 1.165) is 5.56 Å². The minimum absolute atomic E-state index is 0.273. The van der Waals surface area contributed by atoms with Gasteiger partial charge >= 0.3 is 0 Å². The van der Waals surface area contributed by atoms with Crippen molar-refractivity contribution in [3.63, 3.8) is 0 Å². The molecule has 2 rings (SSSR count). The molecule has 0 aliphatic carbocycles. The van der Waals surface area contributed by atoms with Crippen LogP contribution in [0.1, 0.15) is 0 Å². The Hall–Kier alpha value is -1.88. The summed E-state index contributed by atoms with van der Waals surface area (Å²) in [7, 11) is 1.54. The van der Waals surface area contributed by atoms with E-state index in [9.17, 15) is 0 Å². The fourth-order valence-corrected chi connectivity index (χ4v) is 1.50. The summed E-state index contributed by atoms with van der Waals surface area (Å²) < 4.78 is 5.14. The van der Waals surface area contributed by atoms with Crippen molar-refractivity contribution in [2.75, 3.05) is 12.8 Å². The Morgan fingerprint density at radius 1 is 1.31 bits per heavy atom. The van der Waals surface area contributed by atoms with Gasteiger partial charge in [-0.2, -0.15) is 0 Å². The molecule has 0 spiro atoms. The molecular formula is C10H9ClN4O. The molecule has 6 heteroatoms. The molecule has 0 fully saturated rings. The minimum Gasteiger partial charge on any atom is -0.481 e. The number of anilines is 1. The number of halogens is 1. The highest BCUT2D eigenvalue weighted by Crippen LogP contribution is 2.31. The quantitative estimate of drug-likeness (QED) is 0.860. The van der Waals surface area contributed by atoms with E-state index in [1.165, 1.54) is 7.11 Å². The molecule has 0 aliphatic heterocycles. The maximum Gasteiger partial charge on any atom is 0.221 e. The van der Waals surface area contributed by atoms with Gasteiger partial charge in [0.1, 0.15) is 0 Å². The topological polar surface area (TPSA) is 73.9 Å². The molecule has 16 heavy (non-hydrogen) atoms. The zero-order valence-corrected chi connectivity index (χ0v) is 9.27. The van der Waals surface area contributed by atoms with E-state index in [-0.39, 0.29) is 11.0 Å². The first-order valence-corrected chi connectivity index (χ1v) is 4.88. The van der Waals surface area contributed by atoms with E-state index in [2.05, 4.69) is 15.2 Å². The minimum atomic E-state index is 0.273. The van der Waals surface area contributed by atoms with Crippen LogP contribution in [-0.2, 0) is 0 Å². The van der Waals surface area contributed by atoms with Crippen LogP contribution in [0.15, 0.2) is 24.4 Å². The second-order valence-corrected chi connectivity index (χ2v) is 3.41. The van der Waals surface area contributed by atoms with E-state index in [1.807, 2.05) is 6.07 Å². The van der Waals surface area contributed by atoms with Crippen LogP contribution in [0.4, 0.5) is 5.82 Å². The molecule has 0 aromatic carbocycles. The number of nitrogen functional groups attached to an aromatic ring is 1. The Balaban J connectivity index is 2.62. The number of rotatable bonds is 2. The van der Waals surface area contributed by atoms with Crippen LogP contribution in [0.25, 0.3) is 11.1 Å². The number of methoxy groups -OCH3 is 1. The van der Waals surface area contributed by atoms with Crippen molar-refractivity contribution in [1.82, 2.24) is 15.2 Å². The third kappa shape index (κ3) is 1.90. The summed E-state index contributed by atoms with van der Waals surface area (Å²) in [4.78, 5) is 4.08. The third-order valence-electron chi connectivity index (χ3n) is 2.05.